The van der Waals surface area contributed by atoms with Crippen molar-refractivity contribution in [3.63, 3.8) is 0 Å². The van der Waals surface area contributed by atoms with E-state index >= 15 is 0 Å². The molecule has 1 atom stereocenters. The minimum Gasteiger partial charge on any atom is -0.332 e. The van der Waals surface area contributed by atoms with Gasteiger partial charge in [-0.15, -0.1) is 0 Å². The highest BCUT2D eigenvalue weighted by molar-refractivity contribution is 7.89. The van der Waals surface area contributed by atoms with Crippen LogP contribution >= 0.6 is 0 Å². The number of piperidine rings is 2. The lowest BCUT2D eigenvalue weighted by Gasteiger charge is -2.48. The highest BCUT2D eigenvalue weighted by Gasteiger charge is 2.43. The topological polar surface area (TPSA) is 69.3 Å². The number of nitrogens with one attached hydrogen (secondary N) is 1. The molecule has 7 heteroatoms. The van der Waals surface area contributed by atoms with Crippen LogP contribution in [0.15, 0.2) is 41.6 Å². The zero-order valence-corrected chi connectivity index (χ0v) is 17.4. The normalized spacial score (nSPS) is 24.6. The van der Waals surface area contributed by atoms with Gasteiger partial charge in [0.25, 0.3) is 10.0 Å². The van der Waals surface area contributed by atoms with Gasteiger partial charge in [0.15, 0.2) is 5.03 Å². The van der Waals surface area contributed by atoms with E-state index in [0.717, 1.165) is 51.1 Å². The van der Waals surface area contributed by atoms with Crippen molar-refractivity contribution in [2.75, 3.05) is 26.2 Å². The molecule has 1 unspecified atom stereocenters. The molecular weight excluding hydrogens is 372 g/mol. The molecule has 1 N–H and O–H groups in total. The van der Waals surface area contributed by atoms with E-state index in [-0.39, 0.29) is 10.4 Å². The number of rotatable bonds is 5. The van der Waals surface area contributed by atoms with Gasteiger partial charge in [0.1, 0.15) is 5.82 Å². The predicted molar refractivity (Wildman–Crippen MR) is 109 cm³/mol. The molecule has 2 saturated heterocycles. The highest BCUT2D eigenvalue weighted by atomic mass is 32.2. The minimum atomic E-state index is -3.51. The number of benzene rings is 1. The van der Waals surface area contributed by atoms with E-state index in [1.165, 1.54) is 11.8 Å². The van der Waals surface area contributed by atoms with Gasteiger partial charge in [-0.25, -0.2) is 13.4 Å². The molecule has 2 aliphatic rings. The van der Waals surface area contributed by atoms with Crippen molar-refractivity contribution in [2.45, 2.75) is 50.6 Å². The van der Waals surface area contributed by atoms with E-state index < -0.39 is 10.0 Å². The molecule has 28 heavy (non-hydrogen) atoms. The van der Waals surface area contributed by atoms with E-state index in [4.69, 9.17) is 0 Å². The van der Waals surface area contributed by atoms with Crippen molar-refractivity contribution in [2.24, 2.45) is 5.41 Å². The van der Waals surface area contributed by atoms with Crippen LogP contribution in [0.1, 0.15) is 44.0 Å². The lowest BCUT2D eigenvalue weighted by Crippen LogP contribution is -2.53. The van der Waals surface area contributed by atoms with Crippen LogP contribution in [0.4, 0.5) is 0 Å². The monoisotopic (exact) mass is 402 g/mol. The van der Waals surface area contributed by atoms with Crippen molar-refractivity contribution in [3.05, 3.63) is 47.9 Å². The first-order chi connectivity index (χ1) is 13.5. The molecule has 152 valence electrons. The number of aryl methyl sites for hydroxylation is 1. The first-order valence-electron chi connectivity index (χ1n) is 10.3. The van der Waals surface area contributed by atoms with Crippen LogP contribution < -0.4 is 0 Å². The average Bonchev–Trinajstić information content (AvgIpc) is 3.19. The summed E-state index contributed by atoms with van der Waals surface area (Å²) < 4.78 is 28.0. The average molecular weight is 403 g/mol. The smallest absolute Gasteiger partial charge is 0.260 e. The first-order valence-corrected chi connectivity index (χ1v) is 11.8. The molecule has 1 aromatic heterocycles. The second-order valence-electron chi connectivity index (χ2n) is 8.29. The van der Waals surface area contributed by atoms with Gasteiger partial charge < -0.3 is 4.98 Å². The first kappa shape index (κ1) is 19.6. The Hall–Kier alpha value is -1.70. The van der Waals surface area contributed by atoms with Gasteiger partial charge in [-0.1, -0.05) is 37.3 Å². The summed E-state index contributed by atoms with van der Waals surface area (Å²) in [4.78, 5) is 9.67. The van der Waals surface area contributed by atoms with Gasteiger partial charge in [-0.2, -0.15) is 4.31 Å². The van der Waals surface area contributed by atoms with Crippen molar-refractivity contribution >= 4 is 10.0 Å². The van der Waals surface area contributed by atoms with E-state index in [1.54, 1.807) is 4.31 Å². The lowest BCUT2D eigenvalue weighted by molar-refractivity contribution is 0.0361. The maximum atomic E-state index is 13.2. The fraction of sp³-hybridized carbons (Fsp3) is 0.571. The van der Waals surface area contributed by atoms with Crippen molar-refractivity contribution < 1.29 is 8.42 Å². The molecule has 0 saturated carbocycles. The number of H-pyrrole nitrogens is 1. The van der Waals surface area contributed by atoms with E-state index in [9.17, 15) is 8.42 Å². The third kappa shape index (κ3) is 4.02. The molecule has 0 amide bonds. The van der Waals surface area contributed by atoms with Crippen LogP contribution in [0.25, 0.3) is 0 Å². The number of hydrogen-bond donors (Lipinski definition) is 1. The van der Waals surface area contributed by atoms with Gasteiger partial charge >= 0.3 is 0 Å². The summed E-state index contributed by atoms with van der Waals surface area (Å²) in [5.41, 5.74) is 1.38. The molecule has 3 heterocycles. The molecule has 1 spiro atoms. The molecule has 2 aliphatic heterocycles. The van der Waals surface area contributed by atoms with Gasteiger partial charge in [-0.05, 0) is 43.2 Å². The van der Waals surface area contributed by atoms with Crippen LogP contribution in [-0.2, 0) is 23.0 Å². The predicted octanol–water partition coefficient (Wildman–Crippen LogP) is 3.04. The van der Waals surface area contributed by atoms with Gasteiger partial charge in [-0.3, -0.25) is 4.90 Å². The third-order valence-electron chi connectivity index (χ3n) is 6.17. The van der Waals surface area contributed by atoms with Crippen molar-refractivity contribution in [3.8, 4) is 0 Å². The Balaban J connectivity index is 1.49. The van der Waals surface area contributed by atoms with E-state index in [1.807, 2.05) is 13.0 Å². The number of imidazole rings is 1. The van der Waals surface area contributed by atoms with E-state index in [0.29, 0.717) is 19.5 Å². The molecule has 6 nitrogen and oxygen atoms in total. The summed E-state index contributed by atoms with van der Waals surface area (Å²) >= 11 is 0. The highest BCUT2D eigenvalue weighted by Crippen LogP contribution is 2.40. The maximum absolute atomic E-state index is 13.2. The molecule has 0 aliphatic carbocycles. The number of sulfonamides is 1. The fourth-order valence-electron chi connectivity index (χ4n) is 4.78. The van der Waals surface area contributed by atoms with Crippen molar-refractivity contribution in [1.29, 1.82) is 0 Å². The van der Waals surface area contributed by atoms with Crippen LogP contribution in [0.5, 0.6) is 0 Å². The summed E-state index contributed by atoms with van der Waals surface area (Å²) in [5.74, 6) is 0.719. The molecule has 0 bridgehead atoms. The maximum Gasteiger partial charge on any atom is 0.260 e. The molecule has 1 aromatic carbocycles. The zero-order chi connectivity index (χ0) is 19.6. The van der Waals surface area contributed by atoms with Crippen LogP contribution in [0, 0.1) is 5.41 Å². The summed E-state index contributed by atoms with van der Waals surface area (Å²) in [6, 6.07) is 10.5. The number of nitrogens with zero attached hydrogens (tertiary/aromatic N) is 3. The van der Waals surface area contributed by atoms with Crippen LogP contribution in [-0.4, -0.2) is 53.8 Å². The Morgan fingerprint density at radius 3 is 2.57 bits per heavy atom. The van der Waals surface area contributed by atoms with E-state index in [2.05, 4.69) is 39.1 Å². The SMILES string of the molecule is CCc1ncc(S(=O)(=O)N2CCCC3(CCCN(Cc4ccccc4)C3)C2)[nH]1. The zero-order valence-electron chi connectivity index (χ0n) is 16.6. The Kier molecular flexibility index (Phi) is 5.58. The summed E-state index contributed by atoms with van der Waals surface area (Å²) in [7, 11) is -3.51. The molecule has 2 aromatic rings. The Labute approximate surface area is 168 Å². The standard InChI is InChI=1S/C21H30N4O2S/c1-2-19-22-14-20(23-19)28(26,27)25-13-7-11-21(17-25)10-6-12-24(16-21)15-18-8-4-3-5-9-18/h3-5,8-9,14H,2,6-7,10-13,15-17H2,1H3,(H,22,23). The van der Waals surface area contributed by atoms with Gasteiger partial charge in [0, 0.05) is 32.6 Å². The fourth-order valence-corrected chi connectivity index (χ4v) is 6.30. The Bertz CT molecular complexity index is 892. The molecule has 4 rings (SSSR count). The van der Waals surface area contributed by atoms with Crippen molar-refractivity contribution in [1.82, 2.24) is 19.2 Å². The molecule has 2 fully saturated rings. The summed E-state index contributed by atoms with van der Waals surface area (Å²) in [6.07, 6.45) is 6.44. The second-order valence-corrected chi connectivity index (χ2v) is 10.2. The minimum absolute atomic E-state index is 0.0615. The Morgan fingerprint density at radius 2 is 1.86 bits per heavy atom. The Morgan fingerprint density at radius 1 is 1.11 bits per heavy atom. The quantitative estimate of drug-likeness (QED) is 0.835. The van der Waals surface area contributed by atoms with Gasteiger partial charge in [0.05, 0.1) is 6.20 Å². The lowest BCUT2D eigenvalue weighted by atomic mass is 9.74. The molecule has 0 radical (unpaired) electrons. The largest absolute Gasteiger partial charge is 0.332 e. The third-order valence-corrected chi connectivity index (χ3v) is 7.93. The summed E-state index contributed by atoms with van der Waals surface area (Å²) in [5, 5.41) is 0.235. The number of hydrogen-bond acceptors (Lipinski definition) is 4. The number of likely N-dealkylation sites (tertiary alicyclic amines) is 1. The second kappa shape index (κ2) is 7.97. The number of aromatic nitrogens is 2. The number of aromatic amines is 1. The molecular formula is C21H30N4O2S. The van der Waals surface area contributed by atoms with Gasteiger partial charge in [0.2, 0.25) is 0 Å². The van der Waals surface area contributed by atoms with Crippen LogP contribution in [0.2, 0.25) is 0 Å². The summed E-state index contributed by atoms with van der Waals surface area (Å²) in [6.45, 7) is 6.18. The van der Waals surface area contributed by atoms with Crippen LogP contribution in [0.3, 0.4) is 0 Å².